The number of aliphatic hydroxyl groups excluding tert-OH is 1. The van der Waals surface area contributed by atoms with Gasteiger partial charge in [0.1, 0.15) is 0 Å². The van der Waals surface area contributed by atoms with Crippen molar-refractivity contribution in [3.8, 4) is 0 Å². The van der Waals surface area contributed by atoms with Gasteiger partial charge in [0.05, 0.1) is 0 Å². The third-order valence-corrected chi connectivity index (χ3v) is 2.80. The maximum atomic E-state index is 11.9. The fourth-order valence-corrected chi connectivity index (χ4v) is 2.01. The summed E-state index contributed by atoms with van der Waals surface area (Å²) < 4.78 is 35.7. The second kappa shape index (κ2) is 5.70. The van der Waals surface area contributed by atoms with E-state index in [1.54, 1.807) is 0 Å². The standard InChI is InChI=1S/C10H18F3NO/c11-10(12,13)4-2-6-14-5-1-3-9(7-14)8-15/h9,15H,1-8H2. The highest BCUT2D eigenvalue weighted by atomic mass is 19.4. The highest BCUT2D eigenvalue weighted by Crippen LogP contribution is 2.22. The fraction of sp³-hybridized carbons (Fsp3) is 1.00. The van der Waals surface area contributed by atoms with Crippen LogP contribution in [0.15, 0.2) is 0 Å². The Balaban J connectivity index is 2.15. The van der Waals surface area contributed by atoms with E-state index in [2.05, 4.69) is 0 Å². The molecule has 1 fully saturated rings. The first-order valence-electron chi connectivity index (χ1n) is 5.41. The topological polar surface area (TPSA) is 23.5 Å². The Bertz CT molecular complexity index is 184. The summed E-state index contributed by atoms with van der Waals surface area (Å²) in [6.45, 7) is 2.26. The number of rotatable bonds is 4. The molecule has 1 rings (SSSR count). The number of piperidine rings is 1. The summed E-state index contributed by atoms with van der Waals surface area (Å²) >= 11 is 0. The summed E-state index contributed by atoms with van der Waals surface area (Å²) in [7, 11) is 0. The summed E-state index contributed by atoms with van der Waals surface area (Å²) in [6.07, 6.45) is -2.59. The smallest absolute Gasteiger partial charge is 0.389 e. The van der Waals surface area contributed by atoms with Crippen molar-refractivity contribution < 1.29 is 18.3 Å². The van der Waals surface area contributed by atoms with Crippen molar-refractivity contribution in [2.75, 3.05) is 26.2 Å². The van der Waals surface area contributed by atoms with Gasteiger partial charge in [0.15, 0.2) is 0 Å². The van der Waals surface area contributed by atoms with E-state index >= 15 is 0 Å². The maximum absolute atomic E-state index is 11.9. The van der Waals surface area contributed by atoms with Crippen LogP contribution in [0.2, 0.25) is 0 Å². The summed E-state index contributed by atoms with van der Waals surface area (Å²) in [5.74, 6) is 0.254. The van der Waals surface area contributed by atoms with Crippen molar-refractivity contribution in [2.45, 2.75) is 31.9 Å². The number of nitrogens with zero attached hydrogens (tertiary/aromatic N) is 1. The molecule has 15 heavy (non-hydrogen) atoms. The Kier molecular flexibility index (Phi) is 4.86. The van der Waals surface area contributed by atoms with Gasteiger partial charge in [-0.2, -0.15) is 13.2 Å². The third-order valence-electron chi connectivity index (χ3n) is 2.80. The normalized spacial score (nSPS) is 24.4. The average Bonchev–Trinajstić information content (AvgIpc) is 2.16. The lowest BCUT2D eigenvalue weighted by Crippen LogP contribution is -2.37. The summed E-state index contributed by atoms with van der Waals surface area (Å²) in [4.78, 5) is 2.02. The van der Waals surface area contributed by atoms with E-state index in [1.807, 2.05) is 4.90 Å². The van der Waals surface area contributed by atoms with Gasteiger partial charge in [-0.25, -0.2) is 0 Å². The number of hydrogen-bond acceptors (Lipinski definition) is 2. The Labute approximate surface area is 88.1 Å². The van der Waals surface area contributed by atoms with E-state index in [4.69, 9.17) is 5.11 Å². The van der Waals surface area contributed by atoms with Crippen molar-refractivity contribution in [3.05, 3.63) is 0 Å². The number of halogens is 3. The first-order valence-corrected chi connectivity index (χ1v) is 5.41. The molecule has 1 atom stereocenters. The second-order valence-corrected chi connectivity index (χ2v) is 4.21. The Morgan fingerprint density at radius 3 is 2.67 bits per heavy atom. The van der Waals surface area contributed by atoms with Gasteiger partial charge in [0.25, 0.3) is 0 Å². The van der Waals surface area contributed by atoms with Crippen LogP contribution in [-0.2, 0) is 0 Å². The van der Waals surface area contributed by atoms with Crippen molar-refractivity contribution in [3.63, 3.8) is 0 Å². The van der Waals surface area contributed by atoms with Crippen LogP contribution in [0, 0.1) is 5.92 Å². The third kappa shape index (κ3) is 5.37. The van der Waals surface area contributed by atoms with E-state index in [0.717, 1.165) is 25.9 Å². The SMILES string of the molecule is OCC1CCCN(CCCC(F)(F)F)C1. The van der Waals surface area contributed by atoms with Crippen molar-refractivity contribution in [1.29, 1.82) is 0 Å². The molecule has 0 aliphatic carbocycles. The van der Waals surface area contributed by atoms with Crippen LogP contribution >= 0.6 is 0 Å². The zero-order valence-corrected chi connectivity index (χ0v) is 8.76. The molecule has 1 aliphatic heterocycles. The number of hydrogen-bond donors (Lipinski definition) is 1. The average molecular weight is 225 g/mol. The molecule has 1 aliphatic rings. The minimum absolute atomic E-state index is 0.149. The molecule has 0 amide bonds. The summed E-state index contributed by atoms with van der Waals surface area (Å²) in [5.41, 5.74) is 0. The molecule has 90 valence electrons. The zero-order valence-electron chi connectivity index (χ0n) is 8.76. The van der Waals surface area contributed by atoms with Gasteiger partial charge in [-0.05, 0) is 38.3 Å². The van der Waals surface area contributed by atoms with Gasteiger partial charge in [-0.1, -0.05) is 0 Å². The summed E-state index contributed by atoms with van der Waals surface area (Å²) in [5, 5.41) is 8.96. The molecule has 2 nitrogen and oxygen atoms in total. The maximum Gasteiger partial charge on any atom is 0.389 e. The molecular weight excluding hydrogens is 207 g/mol. The Hall–Kier alpha value is -0.290. The van der Waals surface area contributed by atoms with E-state index in [9.17, 15) is 13.2 Å². The van der Waals surface area contributed by atoms with Crippen molar-refractivity contribution in [1.82, 2.24) is 4.90 Å². The van der Waals surface area contributed by atoms with Gasteiger partial charge in [-0.15, -0.1) is 0 Å². The minimum atomic E-state index is -4.04. The largest absolute Gasteiger partial charge is 0.396 e. The van der Waals surface area contributed by atoms with E-state index in [0.29, 0.717) is 6.54 Å². The lowest BCUT2D eigenvalue weighted by molar-refractivity contribution is -0.136. The van der Waals surface area contributed by atoms with Crippen LogP contribution in [-0.4, -0.2) is 42.4 Å². The minimum Gasteiger partial charge on any atom is -0.396 e. The molecule has 1 unspecified atom stereocenters. The van der Waals surface area contributed by atoms with Gasteiger partial charge >= 0.3 is 6.18 Å². The molecule has 0 aromatic heterocycles. The van der Waals surface area contributed by atoms with Crippen molar-refractivity contribution >= 4 is 0 Å². The molecule has 1 saturated heterocycles. The molecule has 0 radical (unpaired) electrons. The zero-order chi connectivity index (χ0) is 11.3. The van der Waals surface area contributed by atoms with Crippen LogP contribution < -0.4 is 0 Å². The first kappa shape index (κ1) is 12.8. The molecule has 1 N–H and O–H groups in total. The monoisotopic (exact) mass is 225 g/mol. The molecule has 5 heteroatoms. The molecule has 0 aromatic carbocycles. The molecule has 0 saturated carbocycles. The van der Waals surface area contributed by atoms with E-state index in [1.165, 1.54) is 0 Å². The molecule has 0 aromatic rings. The number of aliphatic hydroxyl groups is 1. The van der Waals surface area contributed by atoms with Crippen LogP contribution in [0.5, 0.6) is 0 Å². The lowest BCUT2D eigenvalue weighted by atomic mass is 9.99. The fourth-order valence-electron chi connectivity index (χ4n) is 2.01. The lowest BCUT2D eigenvalue weighted by Gasteiger charge is -2.31. The summed E-state index contributed by atoms with van der Waals surface area (Å²) in [6, 6.07) is 0. The molecule has 0 spiro atoms. The Morgan fingerprint density at radius 1 is 1.33 bits per heavy atom. The Morgan fingerprint density at radius 2 is 2.07 bits per heavy atom. The second-order valence-electron chi connectivity index (χ2n) is 4.21. The van der Waals surface area contributed by atoms with E-state index in [-0.39, 0.29) is 18.9 Å². The van der Waals surface area contributed by atoms with Gasteiger partial charge in [0, 0.05) is 19.6 Å². The first-order chi connectivity index (χ1) is 7.01. The van der Waals surface area contributed by atoms with Gasteiger partial charge in [0.2, 0.25) is 0 Å². The van der Waals surface area contributed by atoms with Crippen molar-refractivity contribution in [2.24, 2.45) is 5.92 Å². The molecule has 1 heterocycles. The predicted octanol–water partition coefficient (Wildman–Crippen LogP) is 2.03. The molecule has 0 bridgehead atoms. The van der Waals surface area contributed by atoms with Gasteiger partial charge < -0.3 is 10.0 Å². The van der Waals surface area contributed by atoms with Crippen LogP contribution in [0.3, 0.4) is 0 Å². The molecular formula is C10H18F3NO. The highest BCUT2D eigenvalue weighted by Gasteiger charge is 2.27. The van der Waals surface area contributed by atoms with Crippen LogP contribution in [0.4, 0.5) is 13.2 Å². The number of likely N-dealkylation sites (tertiary alicyclic amines) is 1. The van der Waals surface area contributed by atoms with Crippen LogP contribution in [0.1, 0.15) is 25.7 Å². The van der Waals surface area contributed by atoms with E-state index < -0.39 is 12.6 Å². The number of alkyl halides is 3. The van der Waals surface area contributed by atoms with Crippen LogP contribution in [0.25, 0.3) is 0 Å². The van der Waals surface area contributed by atoms with Gasteiger partial charge in [-0.3, -0.25) is 0 Å². The predicted molar refractivity (Wildman–Crippen MR) is 51.5 cm³/mol. The highest BCUT2D eigenvalue weighted by molar-refractivity contribution is 4.72. The quantitative estimate of drug-likeness (QED) is 0.791.